The first kappa shape index (κ1) is 11.0. The minimum atomic E-state index is 0.250. The van der Waals surface area contributed by atoms with E-state index in [0.29, 0.717) is 5.65 Å². The number of H-pyrrole nitrogens is 1. The van der Waals surface area contributed by atoms with E-state index in [4.69, 9.17) is 5.73 Å². The molecule has 0 aliphatic carbocycles. The number of nitrogens with two attached hydrogens (primary N) is 1. The van der Waals surface area contributed by atoms with Gasteiger partial charge in [-0.3, -0.25) is 5.10 Å². The average Bonchev–Trinajstić information content (AvgIpc) is 2.97. The summed E-state index contributed by atoms with van der Waals surface area (Å²) in [6.07, 6.45) is 1.72. The van der Waals surface area contributed by atoms with Gasteiger partial charge in [0.1, 0.15) is 5.82 Å². The smallest absolute Gasteiger partial charge is 0.224 e. The second kappa shape index (κ2) is 4.26. The van der Waals surface area contributed by atoms with Gasteiger partial charge in [0, 0.05) is 11.9 Å². The molecule has 0 fully saturated rings. The molecule has 0 aliphatic heterocycles. The summed E-state index contributed by atoms with van der Waals surface area (Å²) in [5.74, 6) is 1.04. The molecule has 6 nitrogen and oxygen atoms in total. The summed E-state index contributed by atoms with van der Waals surface area (Å²) in [6, 6.07) is 4.13. The standard InChI is InChI=1S/C11H12N6S/c1-17(6-7-3-2-4-18-7)10-8-5-13-16-9(8)14-11(12)15-10/h2-5H,6H2,1H3,(H3,12,13,14,15,16). The van der Waals surface area contributed by atoms with E-state index in [1.807, 2.05) is 18.0 Å². The third-order valence-corrected chi connectivity index (χ3v) is 3.50. The van der Waals surface area contributed by atoms with Crippen molar-refractivity contribution in [1.82, 2.24) is 20.2 Å². The largest absolute Gasteiger partial charge is 0.368 e. The van der Waals surface area contributed by atoms with Gasteiger partial charge in [-0.05, 0) is 11.4 Å². The number of nitrogens with zero attached hydrogens (tertiary/aromatic N) is 4. The van der Waals surface area contributed by atoms with E-state index in [1.54, 1.807) is 17.5 Å². The summed E-state index contributed by atoms with van der Waals surface area (Å²) >= 11 is 1.72. The molecule has 0 atom stereocenters. The van der Waals surface area contributed by atoms with Gasteiger partial charge >= 0.3 is 0 Å². The second-order valence-corrected chi connectivity index (χ2v) is 5.01. The minimum Gasteiger partial charge on any atom is -0.368 e. The zero-order chi connectivity index (χ0) is 12.5. The summed E-state index contributed by atoms with van der Waals surface area (Å²) in [5, 5.41) is 9.72. The molecule has 3 aromatic rings. The molecule has 0 saturated heterocycles. The fourth-order valence-electron chi connectivity index (χ4n) is 1.84. The highest BCUT2D eigenvalue weighted by atomic mass is 32.1. The van der Waals surface area contributed by atoms with Crippen LogP contribution in [-0.4, -0.2) is 27.2 Å². The maximum absolute atomic E-state index is 5.70. The maximum Gasteiger partial charge on any atom is 0.224 e. The van der Waals surface area contributed by atoms with E-state index in [0.717, 1.165) is 17.7 Å². The first-order chi connectivity index (χ1) is 8.74. The number of aromatic nitrogens is 4. The van der Waals surface area contributed by atoms with Crippen molar-refractivity contribution >= 4 is 34.1 Å². The monoisotopic (exact) mass is 260 g/mol. The Labute approximate surface area is 107 Å². The summed E-state index contributed by atoms with van der Waals surface area (Å²) < 4.78 is 0. The number of hydrogen-bond acceptors (Lipinski definition) is 6. The average molecular weight is 260 g/mol. The molecular formula is C11H12N6S. The van der Waals surface area contributed by atoms with E-state index in [-0.39, 0.29) is 5.95 Å². The van der Waals surface area contributed by atoms with E-state index >= 15 is 0 Å². The zero-order valence-electron chi connectivity index (χ0n) is 9.79. The molecule has 3 rings (SSSR count). The van der Waals surface area contributed by atoms with Crippen molar-refractivity contribution in [3.63, 3.8) is 0 Å². The molecule has 18 heavy (non-hydrogen) atoms. The third kappa shape index (κ3) is 1.88. The Balaban J connectivity index is 2.00. The third-order valence-electron chi connectivity index (χ3n) is 2.64. The van der Waals surface area contributed by atoms with Gasteiger partial charge < -0.3 is 10.6 Å². The molecule has 3 N–H and O–H groups in total. The molecule has 0 aromatic carbocycles. The Hall–Kier alpha value is -2.15. The summed E-state index contributed by atoms with van der Waals surface area (Å²) in [6.45, 7) is 0.786. The van der Waals surface area contributed by atoms with Gasteiger partial charge in [0.15, 0.2) is 5.65 Å². The minimum absolute atomic E-state index is 0.250. The number of nitrogen functional groups attached to an aromatic ring is 1. The van der Waals surface area contributed by atoms with Crippen LogP contribution in [0.1, 0.15) is 4.88 Å². The number of fused-ring (bicyclic) bond motifs is 1. The van der Waals surface area contributed by atoms with Crippen molar-refractivity contribution in [2.24, 2.45) is 0 Å². The fourth-order valence-corrected chi connectivity index (χ4v) is 2.60. The SMILES string of the molecule is CN(Cc1cccs1)c1nc(N)nc2[nH]ncc12. The van der Waals surface area contributed by atoms with Crippen molar-refractivity contribution in [2.75, 3.05) is 17.7 Å². The summed E-state index contributed by atoms with van der Waals surface area (Å²) in [5.41, 5.74) is 6.36. The maximum atomic E-state index is 5.70. The van der Waals surface area contributed by atoms with E-state index in [9.17, 15) is 0 Å². The Morgan fingerprint density at radius 3 is 3.11 bits per heavy atom. The molecule has 3 aromatic heterocycles. The van der Waals surface area contributed by atoms with Crippen LogP contribution in [0.3, 0.4) is 0 Å². The molecule has 0 aliphatic rings. The number of thiophene rings is 1. The predicted molar refractivity (Wildman–Crippen MR) is 72.5 cm³/mol. The molecule has 0 bridgehead atoms. The van der Waals surface area contributed by atoms with Crippen LogP contribution in [0.2, 0.25) is 0 Å². The molecule has 7 heteroatoms. The lowest BCUT2D eigenvalue weighted by Crippen LogP contribution is -2.18. The Kier molecular flexibility index (Phi) is 2.60. The lowest BCUT2D eigenvalue weighted by atomic mass is 10.3. The highest BCUT2D eigenvalue weighted by Gasteiger charge is 2.12. The Bertz CT molecular complexity index is 659. The van der Waals surface area contributed by atoms with E-state index in [2.05, 4.69) is 31.6 Å². The lowest BCUT2D eigenvalue weighted by Gasteiger charge is -2.17. The molecule has 0 radical (unpaired) electrons. The quantitative estimate of drug-likeness (QED) is 0.747. The van der Waals surface area contributed by atoms with Gasteiger partial charge in [-0.2, -0.15) is 15.1 Å². The van der Waals surface area contributed by atoms with Gasteiger partial charge in [-0.25, -0.2) is 0 Å². The van der Waals surface area contributed by atoms with Crippen LogP contribution in [0.5, 0.6) is 0 Å². The topological polar surface area (TPSA) is 83.7 Å². The van der Waals surface area contributed by atoms with Gasteiger partial charge in [0.05, 0.1) is 18.1 Å². The summed E-state index contributed by atoms with van der Waals surface area (Å²) in [4.78, 5) is 11.7. The van der Waals surface area contributed by atoms with Gasteiger partial charge in [0.25, 0.3) is 0 Å². The van der Waals surface area contributed by atoms with Gasteiger partial charge in [-0.1, -0.05) is 6.07 Å². The molecular weight excluding hydrogens is 248 g/mol. The van der Waals surface area contributed by atoms with Crippen molar-refractivity contribution in [2.45, 2.75) is 6.54 Å². The van der Waals surface area contributed by atoms with Crippen LogP contribution in [-0.2, 0) is 6.54 Å². The van der Waals surface area contributed by atoms with Crippen LogP contribution in [0.4, 0.5) is 11.8 Å². The van der Waals surface area contributed by atoms with E-state index < -0.39 is 0 Å². The second-order valence-electron chi connectivity index (χ2n) is 3.97. The fraction of sp³-hybridized carbons (Fsp3) is 0.182. The first-order valence-corrected chi connectivity index (χ1v) is 6.32. The Morgan fingerprint density at radius 2 is 2.33 bits per heavy atom. The molecule has 0 saturated carbocycles. The number of anilines is 2. The Morgan fingerprint density at radius 1 is 1.44 bits per heavy atom. The predicted octanol–water partition coefficient (Wildman–Crippen LogP) is 1.63. The van der Waals surface area contributed by atoms with Crippen molar-refractivity contribution in [3.8, 4) is 0 Å². The first-order valence-electron chi connectivity index (χ1n) is 5.44. The van der Waals surface area contributed by atoms with Crippen LogP contribution < -0.4 is 10.6 Å². The van der Waals surface area contributed by atoms with Crippen LogP contribution >= 0.6 is 11.3 Å². The van der Waals surface area contributed by atoms with Crippen molar-refractivity contribution in [1.29, 1.82) is 0 Å². The van der Waals surface area contributed by atoms with Gasteiger partial charge in [-0.15, -0.1) is 11.3 Å². The van der Waals surface area contributed by atoms with Crippen LogP contribution in [0.15, 0.2) is 23.7 Å². The highest BCUT2D eigenvalue weighted by Crippen LogP contribution is 2.24. The zero-order valence-corrected chi connectivity index (χ0v) is 10.6. The lowest BCUT2D eigenvalue weighted by molar-refractivity contribution is 0.917. The van der Waals surface area contributed by atoms with Crippen molar-refractivity contribution in [3.05, 3.63) is 28.6 Å². The molecule has 3 heterocycles. The molecule has 0 unspecified atom stereocenters. The normalized spacial score (nSPS) is 10.9. The van der Waals surface area contributed by atoms with Crippen LogP contribution in [0, 0.1) is 0 Å². The highest BCUT2D eigenvalue weighted by molar-refractivity contribution is 7.09. The number of nitrogens with one attached hydrogen (secondary N) is 1. The molecule has 0 spiro atoms. The summed E-state index contributed by atoms with van der Waals surface area (Å²) in [7, 11) is 1.98. The van der Waals surface area contributed by atoms with Gasteiger partial charge in [0.2, 0.25) is 5.95 Å². The van der Waals surface area contributed by atoms with Crippen molar-refractivity contribution < 1.29 is 0 Å². The van der Waals surface area contributed by atoms with E-state index in [1.165, 1.54) is 4.88 Å². The molecule has 92 valence electrons. The number of hydrogen-bond donors (Lipinski definition) is 2. The number of aromatic amines is 1. The van der Waals surface area contributed by atoms with Crippen LogP contribution in [0.25, 0.3) is 11.0 Å². The number of rotatable bonds is 3. The molecule has 0 amide bonds.